The van der Waals surface area contributed by atoms with Gasteiger partial charge in [0.15, 0.2) is 0 Å². The van der Waals surface area contributed by atoms with E-state index >= 15 is 0 Å². The van der Waals surface area contributed by atoms with Crippen LogP contribution in [0.2, 0.25) is 0 Å². The Morgan fingerprint density at radius 3 is 2.58 bits per heavy atom. The van der Waals surface area contributed by atoms with Gasteiger partial charge in [0, 0.05) is 50.6 Å². The molecule has 0 saturated carbocycles. The summed E-state index contributed by atoms with van der Waals surface area (Å²) in [6, 6.07) is 0.569. The highest BCUT2D eigenvalue weighted by atomic mass is 16.2. The fraction of sp³-hybridized carbons (Fsp3) is 0.706. The molecular weight excluding hydrogens is 306 g/mol. The van der Waals surface area contributed by atoms with Crippen molar-refractivity contribution in [1.82, 2.24) is 25.7 Å². The Balaban J connectivity index is 1.72. The number of H-pyrrole nitrogens is 1. The van der Waals surface area contributed by atoms with E-state index < -0.39 is 0 Å². The number of hydrogen-bond donors (Lipinski definition) is 3. The summed E-state index contributed by atoms with van der Waals surface area (Å²) in [5.74, 6) is 0.124. The molecule has 0 unspecified atom stereocenters. The minimum atomic E-state index is 0.0539. The van der Waals surface area contributed by atoms with Crippen LogP contribution in [0.4, 0.5) is 0 Å². The summed E-state index contributed by atoms with van der Waals surface area (Å²) in [5, 5.41) is 12.9. The number of likely N-dealkylation sites (N-methyl/N-ethyl adjacent to an activating group) is 1. The Morgan fingerprint density at radius 2 is 1.96 bits per heavy atom. The third-order valence-electron chi connectivity index (χ3n) is 5.16. The first-order chi connectivity index (χ1) is 11.4. The first-order valence-corrected chi connectivity index (χ1v) is 8.62. The highest BCUT2D eigenvalue weighted by molar-refractivity contribution is 5.76. The van der Waals surface area contributed by atoms with E-state index in [0.717, 1.165) is 29.8 Å². The Morgan fingerprint density at radius 1 is 1.25 bits per heavy atom. The molecule has 2 atom stereocenters. The summed E-state index contributed by atoms with van der Waals surface area (Å²) in [5.41, 5.74) is 3.15. The molecule has 24 heavy (non-hydrogen) atoms. The monoisotopic (exact) mass is 335 g/mol. The zero-order chi connectivity index (χ0) is 17.7. The molecule has 2 heterocycles. The summed E-state index contributed by atoms with van der Waals surface area (Å²) >= 11 is 0. The van der Waals surface area contributed by atoms with Crippen LogP contribution in [-0.4, -0.2) is 59.6 Å². The number of aromatic amines is 1. The van der Waals surface area contributed by atoms with E-state index in [1.54, 1.807) is 7.05 Å². The first kappa shape index (κ1) is 18.4. The fourth-order valence-electron chi connectivity index (χ4n) is 3.23. The van der Waals surface area contributed by atoms with Gasteiger partial charge in [0.05, 0.1) is 5.69 Å². The number of hydrogen-bond acceptors (Lipinski definition) is 4. The van der Waals surface area contributed by atoms with Crippen LogP contribution in [-0.2, 0) is 16.0 Å². The number of nitrogens with one attached hydrogen (secondary N) is 3. The first-order valence-electron chi connectivity index (χ1n) is 8.62. The van der Waals surface area contributed by atoms with Gasteiger partial charge < -0.3 is 10.6 Å². The van der Waals surface area contributed by atoms with Gasteiger partial charge in [-0.2, -0.15) is 5.10 Å². The topological polar surface area (TPSA) is 90.1 Å². The van der Waals surface area contributed by atoms with E-state index in [4.69, 9.17) is 0 Å². The van der Waals surface area contributed by atoms with Crippen LogP contribution in [0.3, 0.4) is 0 Å². The van der Waals surface area contributed by atoms with E-state index in [0.29, 0.717) is 31.8 Å². The van der Waals surface area contributed by atoms with Crippen molar-refractivity contribution in [3.05, 3.63) is 17.0 Å². The van der Waals surface area contributed by atoms with Gasteiger partial charge in [-0.15, -0.1) is 0 Å². The maximum absolute atomic E-state index is 12.1. The van der Waals surface area contributed by atoms with Crippen LogP contribution in [0.15, 0.2) is 0 Å². The Bertz CT molecular complexity index is 584. The quantitative estimate of drug-likeness (QED) is 0.683. The number of carbonyl (C=O) groups excluding carboxylic acids is 2. The molecule has 1 fully saturated rings. The van der Waals surface area contributed by atoms with Crippen molar-refractivity contribution < 1.29 is 9.59 Å². The van der Waals surface area contributed by atoms with Crippen molar-refractivity contribution >= 4 is 11.8 Å². The molecule has 2 amide bonds. The number of carbonyl (C=O) groups is 2. The van der Waals surface area contributed by atoms with Crippen molar-refractivity contribution in [3.63, 3.8) is 0 Å². The molecule has 7 nitrogen and oxygen atoms in total. The van der Waals surface area contributed by atoms with E-state index in [1.165, 1.54) is 0 Å². The number of nitrogens with zero attached hydrogens (tertiary/aromatic N) is 2. The number of aryl methyl sites for hydroxylation is 2. The Labute approximate surface area is 143 Å². The molecule has 1 aliphatic rings. The van der Waals surface area contributed by atoms with Gasteiger partial charge in [-0.1, -0.05) is 0 Å². The summed E-state index contributed by atoms with van der Waals surface area (Å²) in [6.45, 7) is 4.64. The van der Waals surface area contributed by atoms with Crippen LogP contribution in [0.25, 0.3) is 0 Å². The molecular formula is C17H29N5O2. The normalized spacial score (nSPS) is 21.0. The molecule has 1 aromatic rings. The van der Waals surface area contributed by atoms with Gasteiger partial charge in [-0.3, -0.25) is 19.6 Å². The predicted molar refractivity (Wildman–Crippen MR) is 92.6 cm³/mol. The molecule has 0 spiro atoms. The number of rotatable bonds is 7. The minimum Gasteiger partial charge on any atom is -0.359 e. The second-order valence-corrected chi connectivity index (χ2v) is 6.65. The molecule has 0 aromatic carbocycles. The molecule has 0 radical (unpaired) electrons. The SMILES string of the molecule is CNC(=O)C[C@H]1CC[C@@H](CNC(=O)CCc2n[nH]c(C)c2C)N1C. The van der Waals surface area contributed by atoms with E-state index in [2.05, 4.69) is 25.7 Å². The van der Waals surface area contributed by atoms with Crippen molar-refractivity contribution in [2.75, 3.05) is 20.6 Å². The van der Waals surface area contributed by atoms with Crippen molar-refractivity contribution in [3.8, 4) is 0 Å². The number of likely N-dealkylation sites (tertiary alicyclic amines) is 1. The van der Waals surface area contributed by atoms with Gasteiger partial charge in [0.2, 0.25) is 11.8 Å². The van der Waals surface area contributed by atoms with Crippen LogP contribution in [0, 0.1) is 13.8 Å². The highest BCUT2D eigenvalue weighted by Gasteiger charge is 2.31. The van der Waals surface area contributed by atoms with Crippen molar-refractivity contribution in [2.24, 2.45) is 0 Å². The molecule has 1 saturated heterocycles. The molecule has 7 heteroatoms. The van der Waals surface area contributed by atoms with Crippen molar-refractivity contribution in [1.29, 1.82) is 0 Å². The molecule has 134 valence electrons. The van der Waals surface area contributed by atoms with Crippen LogP contribution >= 0.6 is 0 Å². The largest absolute Gasteiger partial charge is 0.359 e. The fourth-order valence-corrected chi connectivity index (χ4v) is 3.23. The number of amides is 2. The molecule has 2 rings (SSSR count). The molecule has 1 aliphatic heterocycles. The van der Waals surface area contributed by atoms with Gasteiger partial charge >= 0.3 is 0 Å². The summed E-state index contributed by atoms with van der Waals surface area (Å²) in [7, 11) is 3.70. The lowest BCUT2D eigenvalue weighted by Gasteiger charge is -2.25. The third-order valence-corrected chi connectivity index (χ3v) is 5.16. The molecule has 0 aliphatic carbocycles. The lowest BCUT2D eigenvalue weighted by molar-refractivity contribution is -0.122. The summed E-state index contributed by atoms with van der Waals surface area (Å²) in [4.78, 5) is 25.8. The Kier molecular flexibility index (Phi) is 6.36. The lowest BCUT2D eigenvalue weighted by atomic mass is 10.1. The zero-order valence-electron chi connectivity index (χ0n) is 15.1. The standard InChI is InChI=1S/C17H29N5O2/c1-11-12(2)20-21-15(11)7-8-16(23)19-10-14-6-5-13(22(14)4)9-17(24)18-3/h13-14H,5-10H2,1-4H3,(H,18,24)(H,19,23)(H,20,21)/t13-,14+/m1/s1. The average molecular weight is 335 g/mol. The molecule has 3 N–H and O–H groups in total. The summed E-state index contributed by atoms with van der Waals surface area (Å²) in [6.07, 6.45) is 3.63. The van der Waals surface area contributed by atoms with Crippen LogP contribution in [0.5, 0.6) is 0 Å². The number of aromatic nitrogens is 2. The molecule has 0 bridgehead atoms. The smallest absolute Gasteiger partial charge is 0.221 e. The third kappa shape index (κ3) is 4.56. The van der Waals surface area contributed by atoms with E-state index in [-0.39, 0.29) is 17.9 Å². The van der Waals surface area contributed by atoms with Gasteiger partial charge in [-0.25, -0.2) is 0 Å². The van der Waals surface area contributed by atoms with E-state index in [9.17, 15) is 9.59 Å². The molecule has 1 aromatic heterocycles. The van der Waals surface area contributed by atoms with Gasteiger partial charge in [0.25, 0.3) is 0 Å². The van der Waals surface area contributed by atoms with E-state index in [1.807, 2.05) is 20.9 Å². The zero-order valence-corrected chi connectivity index (χ0v) is 15.1. The average Bonchev–Trinajstić information content (AvgIpc) is 3.07. The minimum absolute atomic E-state index is 0.0539. The van der Waals surface area contributed by atoms with Crippen LogP contribution < -0.4 is 10.6 Å². The maximum atomic E-state index is 12.1. The second-order valence-electron chi connectivity index (χ2n) is 6.65. The maximum Gasteiger partial charge on any atom is 0.221 e. The lowest BCUT2D eigenvalue weighted by Crippen LogP contribution is -2.42. The highest BCUT2D eigenvalue weighted by Crippen LogP contribution is 2.24. The predicted octanol–water partition coefficient (Wildman–Crippen LogP) is 0.674. The van der Waals surface area contributed by atoms with Gasteiger partial charge in [0.1, 0.15) is 0 Å². The Hall–Kier alpha value is -1.89. The second kappa shape index (κ2) is 8.28. The van der Waals surface area contributed by atoms with Crippen LogP contribution in [0.1, 0.15) is 42.6 Å². The van der Waals surface area contributed by atoms with Gasteiger partial charge in [-0.05, 0) is 39.3 Å². The van der Waals surface area contributed by atoms with Crippen molar-refractivity contribution in [2.45, 2.75) is 58.0 Å². The summed E-state index contributed by atoms with van der Waals surface area (Å²) < 4.78 is 0.